The zero-order chi connectivity index (χ0) is 15.8. The van der Waals surface area contributed by atoms with Crippen molar-refractivity contribution >= 4 is 17.3 Å². The van der Waals surface area contributed by atoms with E-state index in [0.717, 1.165) is 16.7 Å². The van der Waals surface area contributed by atoms with Crippen molar-refractivity contribution in [2.75, 3.05) is 11.4 Å². The van der Waals surface area contributed by atoms with Crippen molar-refractivity contribution in [3.05, 3.63) is 64.2 Å². The highest BCUT2D eigenvalue weighted by Gasteiger charge is 2.24. The van der Waals surface area contributed by atoms with Crippen molar-refractivity contribution in [2.24, 2.45) is 5.73 Å². The average molecular weight is 326 g/mol. The predicted octanol–water partition coefficient (Wildman–Crippen LogP) is 3.36. The second-order valence-electron chi connectivity index (χ2n) is 5.56. The van der Waals surface area contributed by atoms with E-state index in [4.69, 9.17) is 5.73 Å². The van der Waals surface area contributed by atoms with Gasteiger partial charge in [-0.3, -0.25) is 0 Å². The maximum atomic E-state index is 14.1. The van der Waals surface area contributed by atoms with Gasteiger partial charge in [-0.15, -0.1) is 0 Å². The lowest BCUT2D eigenvalue weighted by atomic mass is 9.96. The minimum atomic E-state index is -0.408. The first-order chi connectivity index (χ1) is 11.2. The number of rotatable bonds is 2. The Balaban J connectivity index is 1.71. The van der Waals surface area contributed by atoms with Crippen LogP contribution < -0.4 is 10.6 Å². The third-order valence-electron chi connectivity index (χ3n) is 4.04. The molecule has 0 saturated heterocycles. The van der Waals surface area contributed by atoms with Crippen LogP contribution in [0.2, 0.25) is 0 Å². The molecule has 1 aliphatic rings. The number of anilines is 1. The minimum Gasteiger partial charge on any atom is -0.335 e. The van der Waals surface area contributed by atoms with Crippen LogP contribution in [0.3, 0.4) is 0 Å². The van der Waals surface area contributed by atoms with Crippen molar-refractivity contribution in [2.45, 2.75) is 12.6 Å². The predicted molar refractivity (Wildman–Crippen MR) is 89.7 cm³/mol. The van der Waals surface area contributed by atoms with Crippen LogP contribution in [0.5, 0.6) is 0 Å². The van der Waals surface area contributed by atoms with Gasteiger partial charge in [0.15, 0.2) is 5.82 Å². The van der Waals surface area contributed by atoms with Crippen LogP contribution in [0.4, 0.5) is 10.3 Å². The van der Waals surface area contributed by atoms with Gasteiger partial charge in [0.25, 0.3) is 0 Å². The molecule has 0 radical (unpaired) electrons. The van der Waals surface area contributed by atoms with Crippen molar-refractivity contribution < 1.29 is 4.39 Å². The number of aromatic nitrogens is 2. The van der Waals surface area contributed by atoms with Crippen LogP contribution in [-0.4, -0.2) is 16.5 Å². The number of halogens is 1. The van der Waals surface area contributed by atoms with E-state index < -0.39 is 5.82 Å². The Morgan fingerprint density at radius 2 is 2.13 bits per heavy atom. The number of fused-ring (bicyclic) bond motifs is 1. The number of hydrogen-bond donors (Lipinski definition) is 1. The van der Waals surface area contributed by atoms with Crippen LogP contribution in [0, 0.1) is 5.82 Å². The smallest absolute Gasteiger partial charge is 0.226 e. The van der Waals surface area contributed by atoms with Crippen LogP contribution >= 0.6 is 11.3 Å². The fraction of sp³-hybridized carbons (Fsp3) is 0.176. The standard InChI is InChI=1S/C17H15FN4S/c18-14-7-20-17(21-16(14)12-5-6-23-10-12)22-8-11-3-1-2-4-13(11)15(19)9-22/h1-7,10,15H,8-9,19H2. The molecule has 3 aromatic rings. The van der Waals surface area contributed by atoms with E-state index in [2.05, 4.69) is 22.1 Å². The lowest BCUT2D eigenvalue weighted by Gasteiger charge is -2.33. The van der Waals surface area contributed by atoms with Gasteiger partial charge in [0, 0.05) is 30.1 Å². The molecule has 4 nitrogen and oxygen atoms in total. The number of hydrogen-bond acceptors (Lipinski definition) is 5. The fourth-order valence-corrected chi connectivity index (χ4v) is 3.55. The van der Waals surface area contributed by atoms with Crippen molar-refractivity contribution in [3.63, 3.8) is 0 Å². The van der Waals surface area contributed by atoms with E-state index in [1.807, 2.05) is 33.9 Å². The van der Waals surface area contributed by atoms with E-state index in [0.29, 0.717) is 24.7 Å². The Bertz CT molecular complexity index is 834. The van der Waals surface area contributed by atoms with Gasteiger partial charge in [0.1, 0.15) is 5.69 Å². The van der Waals surface area contributed by atoms with E-state index in [1.54, 1.807) is 0 Å². The fourth-order valence-electron chi connectivity index (χ4n) is 2.91. The molecule has 0 fully saturated rings. The molecule has 1 unspecified atom stereocenters. The lowest BCUT2D eigenvalue weighted by molar-refractivity contribution is 0.593. The number of thiophene rings is 1. The summed E-state index contributed by atoms with van der Waals surface area (Å²) in [5.74, 6) is 0.103. The molecule has 2 N–H and O–H groups in total. The lowest BCUT2D eigenvalue weighted by Crippen LogP contribution is -2.38. The van der Waals surface area contributed by atoms with Gasteiger partial charge in [-0.25, -0.2) is 14.4 Å². The summed E-state index contributed by atoms with van der Waals surface area (Å²) in [7, 11) is 0. The molecule has 0 saturated carbocycles. The summed E-state index contributed by atoms with van der Waals surface area (Å²) in [6, 6.07) is 9.87. The first-order valence-corrected chi connectivity index (χ1v) is 8.30. The third kappa shape index (κ3) is 2.60. The Morgan fingerprint density at radius 3 is 2.96 bits per heavy atom. The zero-order valence-corrected chi connectivity index (χ0v) is 13.1. The second-order valence-corrected chi connectivity index (χ2v) is 6.34. The Hall–Kier alpha value is -2.31. The quantitative estimate of drug-likeness (QED) is 0.784. The molecule has 116 valence electrons. The van der Waals surface area contributed by atoms with Gasteiger partial charge in [-0.2, -0.15) is 11.3 Å². The third-order valence-corrected chi connectivity index (χ3v) is 4.72. The average Bonchev–Trinajstić information content (AvgIpc) is 3.09. The summed E-state index contributed by atoms with van der Waals surface area (Å²) in [6.45, 7) is 1.30. The Kier molecular flexibility index (Phi) is 3.55. The molecule has 23 heavy (non-hydrogen) atoms. The summed E-state index contributed by atoms with van der Waals surface area (Å²) in [6.07, 6.45) is 1.24. The highest BCUT2D eigenvalue weighted by Crippen LogP contribution is 2.29. The normalized spacial score (nSPS) is 17.1. The minimum absolute atomic E-state index is 0.0989. The molecule has 0 amide bonds. The summed E-state index contributed by atoms with van der Waals surface area (Å²) >= 11 is 1.51. The van der Waals surface area contributed by atoms with Gasteiger partial charge < -0.3 is 10.6 Å². The van der Waals surface area contributed by atoms with Gasteiger partial charge in [-0.1, -0.05) is 24.3 Å². The summed E-state index contributed by atoms with van der Waals surface area (Å²) < 4.78 is 14.1. The maximum Gasteiger partial charge on any atom is 0.226 e. The first kappa shape index (κ1) is 14.3. The summed E-state index contributed by atoms with van der Waals surface area (Å²) in [4.78, 5) is 10.6. The van der Waals surface area contributed by atoms with E-state index in [9.17, 15) is 4.39 Å². The number of benzene rings is 1. The SMILES string of the molecule is NC1CN(c2ncc(F)c(-c3ccsc3)n2)Cc2ccccc21. The molecular formula is C17H15FN4S. The molecule has 3 heterocycles. The molecule has 2 aromatic heterocycles. The molecule has 0 aliphatic carbocycles. The Morgan fingerprint density at radius 1 is 1.26 bits per heavy atom. The van der Waals surface area contributed by atoms with Crippen LogP contribution in [0.1, 0.15) is 17.2 Å². The molecule has 0 bridgehead atoms. The van der Waals surface area contributed by atoms with Crippen LogP contribution in [0.25, 0.3) is 11.3 Å². The van der Waals surface area contributed by atoms with Crippen molar-refractivity contribution in [3.8, 4) is 11.3 Å². The summed E-state index contributed by atoms with van der Waals surface area (Å²) in [5.41, 5.74) is 9.70. The highest BCUT2D eigenvalue weighted by atomic mass is 32.1. The number of nitrogens with zero attached hydrogens (tertiary/aromatic N) is 3. The van der Waals surface area contributed by atoms with Gasteiger partial charge in [-0.05, 0) is 22.6 Å². The molecule has 6 heteroatoms. The molecule has 1 aromatic carbocycles. The molecule has 1 atom stereocenters. The van der Waals surface area contributed by atoms with E-state index in [1.165, 1.54) is 17.5 Å². The van der Waals surface area contributed by atoms with Crippen LogP contribution in [0.15, 0.2) is 47.3 Å². The van der Waals surface area contributed by atoms with Gasteiger partial charge in [0.2, 0.25) is 5.95 Å². The zero-order valence-electron chi connectivity index (χ0n) is 12.3. The van der Waals surface area contributed by atoms with Crippen LogP contribution in [-0.2, 0) is 6.54 Å². The molecule has 1 aliphatic heterocycles. The molecule has 4 rings (SSSR count). The topological polar surface area (TPSA) is 55.0 Å². The van der Waals surface area contributed by atoms with Crippen molar-refractivity contribution in [1.82, 2.24) is 9.97 Å². The van der Waals surface area contributed by atoms with Crippen molar-refractivity contribution in [1.29, 1.82) is 0 Å². The molecule has 0 spiro atoms. The monoisotopic (exact) mass is 326 g/mol. The number of nitrogens with two attached hydrogens (primary N) is 1. The second kappa shape index (κ2) is 5.72. The largest absolute Gasteiger partial charge is 0.335 e. The van der Waals surface area contributed by atoms with E-state index >= 15 is 0 Å². The summed E-state index contributed by atoms with van der Waals surface area (Å²) in [5, 5.41) is 3.79. The highest BCUT2D eigenvalue weighted by molar-refractivity contribution is 7.08. The molecular weight excluding hydrogens is 311 g/mol. The van der Waals surface area contributed by atoms with Gasteiger partial charge in [0.05, 0.1) is 6.20 Å². The maximum absolute atomic E-state index is 14.1. The van der Waals surface area contributed by atoms with Gasteiger partial charge >= 0.3 is 0 Å². The van der Waals surface area contributed by atoms with E-state index in [-0.39, 0.29) is 6.04 Å². The first-order valence-electron chi connectivity index (χ1n) is 7.36. The Labute approximate surface area is 137 Å².